The molecule has 6 rings (SSSR count). The number of carboxylic acid groups (broad SMARTS) is 1. The number of aromatic nitrogens is 1. The Labute approximate surface area is 237 Å². The Morgan fingerprint density at radius 2 is 1.56 bits per heavy atom. The molecule has 9 heteroatoms. The van der Waals surface area contributed by atoms with Gasteiger partial charge in [0, 0.05) is 26.9 Å². The molecular weight excluding hydrogens is 549 g/mol. The topological polar surface area (TPSA) is 82.2 Å². The number of carbonyl (C=O) groups excluding carboxylic acids is 1. The van der Waals surface area contributed by atoms with Gasteiger partial charge in [0.2, 0.25) is 0 Å². The van der Waals surface area contributed by atoms with Crippen LogP contribution in [0.15, 0.2) is 107 Å². The highest BCUT2D eigenvalue weighted by molar-refractivity contribution is 7.99. The van der Waals surface area contributed by atoms with Gasteiger partial charge in [-0.25, -0.2) is 4.79 Å². The average molecular weight is 573 g/mol. The van der Waals surface area contributed by atoms with Crippen LogP contribution >= 0.6 is 11.8 Å². The van der Waals surface area contributed by atoms with Crippen LogP contribution in [0.2, 0.25) is 0 Å². The Kier molecular flexibility index (Phi) is 6.62. The summed E-state index contributed by atoms with van der Waals surface area (Å²) in [6.45, 7) is 0. The van der Waals surface area contributed by atoms with Crippen molar-refractivity contribution >= 4 is 34.5 Å². The van der Waals surface area contributed by atoms with Crippen molar-refractivity contribution in [1.29, 1.82) is 0 Å². The maximum Gasteiger partial charge on any atom is 0.416 e. The number of hydrogen-bond acceptors (Lipinski definition) is 3. The van der Waals surface area contributed by atoms with Gasteiger partial charge in [-0.3, -0.25) is 4.79 Å². The fraction of sp³-hybridized carbons (Fsp3) is 0.125. The third-order valence-electron chi connectivity index (χ3n) is 7.29. The number of aromatic carboxylic acids is 1. The number of carboxylic acids is 1. The number of hydrogen-bond donors (Lipinski definition) is 3. The zero-order valence-corrected chi connectivity index (χ0v) is 22.3. The molecule has 1 amide bonds. The van der Waals surface area contributed by atoms with Crippen LogP contribution in [0.1, 0.15) is 44.7 Å². The molecule has 1 aromatic heterocycles. The molecule has 0 unspecified atom stereocenters. The summed E-state index contributed by atoms with van der Waals surface area (Å²) >= 11 is 1.28. The minimum Gasteiger partial charge on any atom is -0.478 e. The summed E-state index contributed by atoms with van der Waals surface area (Å²) in [6.07, 6.45) is -1.23. The monoisotopic (exact) mass is 572 g/mol. The number of amides is 1. The van der Waals surface area contributed by atoms with Crippen molar-refractivity contribution < 1.29 is 27.9 Å². The standard InChI is InChI=1S/C32H23F3N2O3S/c33-32(34,35)23-10-12-24(13-11-23)41-27-18-36-26-17-21(19-4-2-1-3-5-19)16-25(28(26)27)29(38)37-31(14-15-31)22-8-6-20(7-9-22)30(39)40/h1-13,16-18,36H,14-15H2,(H,37,38)(H,39,40). The SMILES string of the molecule is O=C(O)c1ccc(C2(NC(=O)c3cc(-c4ccccc4)cc4[nH]cc(Sc5ccc(C(F)(F)F)cc5)c34)CC2)cc1. The summed E-state index contributed by atoms with van der Waals surface area (Å²) in [5.41, 5.74) is 2.61. The number of halogens is 3. The molecule has 0 atom stereocenters. The molecule has 0 bridgehead atoms. The predicted molar refractivity (Wildman–Crippen MR) is 151 cm³/mol. The second-order valence-corrected chi connectivity index (χ2v) is 11.1. The van der Waals surface area contributed by atoms with Crippen LogP contribution in [0.25, 0.3) is 22.0 Å². The summed E-state index contributed by atoms with van der Waals surface area (Å²) in [5, 5.41) is 13.1. The quantitative estimate of drug-likeness (QED) is 0.184. The van der Waals surface area contributed by atoms with Crippen molar-refractivity contribution in [3.05, 3.63) is 119 Å². The first-order valence-electron chi connectivity index (χ1n) is 12.8. The molecule has 0 aliphatic heterocycles. The fourth-order valence-electron chi connectivity index (χ4n) is 4.96. The van der Waals surface area contributed by atoms with Gasteiger partial charge in [0.25, 0.3) is 5.91 Å². The zero-order chi connectivity index (χ0) is 28.8. The maximum atomic E-state index is 14.0. The number of H-pyrrole nitrogens is 1. The molecule has 1 aliphatic carbocycles. The minimum absolute atomic E-state index is 0.172. The number of fused-ring (bicyclic) bond motifs is 1. The van der Waals surface area contributed by atoms with Crippen molar-refractivity contribution in [2.75, 3.05) is 0 Å². The Hall–Kier alpha value is -4.50. The molecule has 5 nitrogen and oxygen atoms in total. The van der Waals surface area contributed by atoms with Crippen LogP contribution < -0.4 is 5.32 Å². The highest BCUT2D eigenvalue weighted by Crippen LogP contribution is 2.46. The van der Waals surface area contributed by atoms with E-state index >= 15 is 0 Å². The Morgan fingerprint density at radius 1 is 0.878 bits per heavy atom. The molecule has 4 aromatic carbocycles. The van der Waals surface area contributed by atoms with Crippen LogP contribution in [-0.4, -0.2) is 22.0 Å². The molecule has 1 heterocycles. The lowest BCUT2D eigenvalue weighted by Gasteiger charge is -2.19. The lowest BCUT2D eigenvalue weighted by molar-refractivity contribution is -0.137. The van der Waals surface area contributed by atoms with Gasteiger partial charge < -0.3 is 15.4 Å². The number of rotatable bonds is 7. The number of nitrogens with one attached hydrogen (secondary N) is 2. The lowest BCUT2D eigenvalue weighted by atomic mass is 9.98. The van der Waals surface area contributed by atoms with E-state index in [-0.39, 0.29) is 11.5 Å². The van der Waals surface area contributed by atoms with Crippen LogP contribution in [0.3, 0.4) is 0 Å². The van der Waals surface area contributed by atoms with Crippen LogP contribution in [0.5, 0.6) is 0 Å². The van der Waals surface area contributed by atoms with Gasteiger partial charge in [-0.2, -0.15) is 13.2 Å². The van der Waals surface area contributed by atoms with E-state index in [1.54, 1.807) is 18.3 Å². The normalized spacial score (nSPS) is 14.1. The van der Waals surface area contributed by atoms with Crippen molar-refractivity contribution in [2.45, 2.75) is 34.3 Å². The Balaban J connectivity index is 1.38. The molecular formula is C32H23F3N2O3S. The molecule has 1 aliphatic rings. The summed E-state index contributed by atoms with van der Waals surface area (Å²) in [7, 11) is 0. The number of aromatic amines is 1. The highest BCUT2D eigenvalue weighted by Gasteiger charge is 2.46. The first-order chi connectivity index (χ1) is 19.6. The van der Waals surface area contributed by atoms with Crippen LogP contribution in [-0.2, 0) is 11.7 Å². The zero-order valence-electron chi connectivity index (χ0n) is 21.5. The number of benzene rings is 4. The van der Waals surface area contributed by atoms with Gasteiger partial charge in [-0.05, 0) is 78.1 Å². The van der Waals surface area contributed by atoms with Crippen LogP contribution in [0, 0.1) is 0 Å². The summed E-state index contributed by atoms with van der Waals surface area (Å²) in [6, 6.07) is 24.9. The molecule has 0 radical (unpaired) electrons. The van der Waals surface area contributed by atoms with Gasteiger partial charge in [0.1, 0.15) is 0 Å². The van der Waals surface area contributed by atoms with Crippen molar-refractivity contribution in [1.82, 2.24) is 10.3 Å². The third-order valence-corrected chi connectivity index (χ3v) is 8.34. The smallest absolute Gasteiger partial charge is 0.416 e. The van der Waals surface area contributed by atoms with Gasteiger partial charge >= 0.3 is 12.1 Å². The maximum absolute atomic E-state index is 14.0. The molecule has 1 fully saturated rings. The first-order valence-corrected chi connectivity index (χ1v) is 13.7. The highest BCUT2D eigenvalue weighted by atomic mass is 32.2. The van der Waals surface area contributed by atoms with E-state index in [1.807, 2.05) is 42.5 Å². The molecule has 3 N–H and O–H groups in total. The van der Waals surface area contributed by atoms with E-state index in [2.05, 4.69) is 10.3 Å². The predicted octanol–water partition coefficient (Wildman–Crippen LogP) is 8.12. The van der Waals surface area contributed by atoms with E-state index in [9.17, 15) is 27.9 Å². The number of carbonyl (C=O) groups is 2. The van der Waals surface area contributed by atoms with Gasteiger partial charge in [-0.1, -0.05) is 54.2 Å². The van der Waals surface area contributed by atoms with Crippen molar-refractivity contribution in [3.8, 4) is 11.1 Å². The second kappa shape index (κ2) is 10.2. The third kappa shape index (κ3) is 5.32. The van der Waals surface area contributed by atoms with Gasteiger partial charge in [-0.15, -0.1) is 0 Å². The van der Waals surface area contributed by atoms with Gasteiger partial charge in [0.05, 0.1) is 22.2 Å². The van der Waals surface area contributed by atoms with E-state index in [0.29, 0.717) is 33.6 Å². The van der Waals surface area contributed by atoms with E-state index in [4.69, 9.17) is 0 Å². The van der Waals surface area contributed by atoms with E-state index < -0.39 is 23.2 Å². The Bertz CT molecular complexity index is 1760. The molecule has 5 aromatic rings. The van der Waals surface area contributed by atoms with Crippen molar-refractivity contribution in [2.24, 2.45) is 0 Å². The van der Waals surface area contributed by atoms with E-state index in [1.165, 1.54) is 36.0 Å². The second-order valence-electron chi connectivity index (χ2n) is 10.0. The van der Waals surface area contributed by atoms with Crippen molar-refractivity contribution in [3.63, 3.8) is 0 Å². The number of alkyl halides is 3. The molecule has 0 spiro atoms. The lowest BCUT2D eigenvalue weighted by Crippen LogP contribution is -2.35. The first kappa shape index (κ1) is 26.7. The van der Waals surface area contributed by atoms with E-state index in [0.717, 1.165) is 34.3 Å². The largest absolute Gasteiger partial charge is 0.478 e. The summed E-state index contributed by atoms with van der Waals surface area (Å²) in [5.74, 6) is -1.31. The average Bonchev–Trinajstić information content (AvgIpc) is 3.64. The van der Waals surface area contributed by atoms with Crippen LogP contribution in [0.4, 0.5) is 13.2 Å². The molecule has 0 saturated heterocycles. The Morgan fingerprint density at radius 3 is 2.17 bits per heavy atom. The fourth-order valence-corrected chi connectivity index (χ4v) is 5.93. The molecule has 1 saturated carbocycles. The molecule has 41 heavy (non-hydrogen) atoms. The minimum atomic E-state index is -4.42. The summed E-state index contributed by atoms with van der Waals surface area (Å²) in [4.78, 5) is 29.8. The summed E-state index contributed by atoms with van der Waals surface area (Å²) < 4.78 is 39.2. The molecule has 206 valence electrons. The van der Waals surface area contributed by atoms with Gasteiger partial charge in [0.15, 0.2) is 0 Å².